The summed E-state index contributed by atoms with van der Waals surface area (Å²) in [5.74, 6) is 0.690. The number of anilines is 2. The highest BCUT2D eigenvalue weighted by molar-refractivity contribution is 5.91. The quantitative estimate of drug-likeness (QED) is 0.852. The predicted molar refractivity (Wildman–Crippen MR) is 76.8 cm³/mol. The van der Waals surface area contributed by atoms with E-state index in [1.807, 2.05) is 42.5 Å². The fourth-order valence-corrected chi connectivity index (χ4v) is 1.85. The van der Waals surface area contributed by atoms with Crippen molar-refractivity contribution in [2.75, 3.05) is 17.7 Å². The van der Waals surface area contributed by atoms with Crippen LogP contribution in [0.2, 0.25) is 0 Å². The van der Waals surface area contributed by atoms with Gasteiger partial charge in [-0.2, -0.15) is 0 Å². The van der Waals surface area contributed by atoms with E-state index >= 15 is 0 Å². The average molecular weight is 255 g/mol. The highest BCUT2D eigenvalue weighted by Gasteiger charge is 2.12. The maximum absolute atomic E-state index is 12.1. The van der Waals surface area contributed by atoms with Crippen LogP contribution in [0.5, 0.6) is 0 Å². The number of nitrogens with zero attached hydrogens (tertiary/aromatic N) is 2. The van der Waals surface area contributed by atoms with Gasteiger partial charge in [0.25, 0.3) is 0 Å². The molecule has 19 heavy (non-hydrogen) atoms. The molecule has 0 bridgehead atoms. The Morgan fingerprint density at radius 3 is 2.63 bits per heavy atom. The van der Waals surface area contributed by atoms with Crippen LogP contribution in [0.3, 0.4) is 0 Å². The molecule has 1 aromatic carbocycles. The maximum atomic E-state index is 12.1. The van der Waals surface area contributed by atoms with Crippen molar-refractivity contribution in [1.29, 1.82) is 0 Å². The van der Waals surface area contributed by atoms with Crippen LogP contribution >= 0.6 is 0 Å². The van der Waals surface area contributed by atoms with Gasteiger partial charge >= 0.3 is 0 Å². The summed E-state index contributed by atoms with van der Waals surface area (Å²) in [6, 6.07) is 13.1. The Labute approximate surface area is 112 Å². The van der Waals surface area contributed by atoms with E-state index in [1.54, 1.807) is 18.1 Å². The van der Waals surface area contributed by atoms with Gasteiger partial charge in [0.1, 0.15) is 5.82 Å². The van der Waals surface area contributed by atoms with Gasteiger partial charge < -0.3 is 5.73 Å². The fraction of sp³-hybridized carbons (Fsp3) is 0.200. The van der Waals surface area contributed by atoms with E-state index in [0.717, 1.165) is 11.3 Å². The van der Waals surface area contributed by atoms with Crippen LogP contribution in [-0.4, -0.2) is 17.9 Å². The van der Waals surface area contributed by atoms with Gasteiger partial charge in [-0.15, -0.1) is 0 Å². The summed E-state index contributed by atoms with van der Waals surface area (Å²) in [7, 11) is 1.74. The SMILES string of the molecule is CN(C(=O)CCc1ccccc1N)c1ccccn1. The number of amides is 1. The molecule has 2 aromatic rings. The molecule has 0 aliphatic rings. The molecular weight excluding hydrogens is 238 g/mol. The summed E-state index contributed by atoms with van der Waals surface area (Å²) in [6.07, 6.45) is 2.73. The number of nitrogen functional groups attached to an aromatic ring is 1. The van der Waals surface area contributed by atoms with E-state index < -0.39 is 0 Å². The van der Waals surface area contributed by atoms with Gasteiger partial charge in [-0.25, -0.2) is 4.98 Å². The molecule has 0 fully saturated rings. The summed E-state index contributed by atoms with van der Waals surface area (Å²) >= 11 is 0. The Morgan fingerprint density at radius 1 is 1.21 bits per heavy atom. The lowest BCUT2D eigenvalue weighted by Crippen LogP contribution is -2.27. The first-order valence-electron chi connectivity index (χ1n) is 6.19. The van der Waals surface area contributed by atoms with Crippen LogP contribution < -0.4 is 10.6 Å². The molecule has 0 aliphatic carbocycles. The topological polar surface area (TPSA) is 59.2 Å². The highest BCUT2D eigenvalue weighted by Crippen LogP contribution is 2.14. The van der Waals surface area contributed by atoms with Crippen molar-refractivity contribution in [3.8, 4) is 0 Å². The second kappa shape index (κ2) is 6.00. The predicted octanol–water partition coefficient (Wildman–Crippen LogP) is 2.26. The average Bonchev–Trinajstić information content (AvgIpc) is 2.46. The van der Waals surface area contributed by atoms with Crippen LogP contribution in [0.1, 0.15) is 12.0 Å². The molecule has 0 saturated heterocycles. The summed E-state index contributed by atoms with van der Waals surface area (Å²) < 4.78 is 0. The molecule has 4 heteroatoms. The fourth-order valence-electron chi connectivity index (χ4n) is 1.85. The van der Waals surface area contributed by atoms with Crippen LogP contribution in [0.25, 0.3) is 0 Å². The zero-order valence-corrected chi connectivity index (χ0v) is 10.9. The molecule has 0 spiro atoms. The number of para-hydroxylation sites is 1. The van der Waals surface area contributed by atoms with Gasteiger partial charge in [0.15, 0.2) is 0 Å². The molecule has 0 aliphatic heterocycles. The molecule has 0 atom stereocenters. The largest absolute Gasteiger partial charge is 0.399 e. The van der Waals surface area contributed by atoms with E-state index in [4.69, 9.17) is 5.73 Å². The Balaban J connectivity index is 1.97. The first kappa shape index (κ1) is 13.1. The lowest BCUT2D eigenvalue weighted by atomic mass is 10.1. The number of rotatable bonds is 4. The lowest BCUT2D eigenvalue weighted by Gasteiger charge is -2.16. The highest BCUT2D eigenvalue weighted by atomic mass is 16.2. The molecule has 2 rings (SSSR count). The van der Waals surface area contributed by atoms with Crippen molar-refractivity contribution in [2.24, 2.45) is 0 Å². The third-order valence-corrected chi connectivity index (χ3v) is 3.03. The minimum Gasteiger partial charge on any atom is -0.399 e. The number of carbonyl (C=O) groups is 1. The molecule has 98 valence electrons. The van der Waals surface area contributed by atoms with E-state index in [2.05, 4.69) is 4.98 Å². The second-order valence-electron chi connectivity index (χ2n) is 4.34. The molecule has 4 nitrogen and oxygen atoms in total. The molecule has 0 saturated carbocycles. The van der Waals surface area contributed by atoms with Crippen LogP contribution in [0, 0.1) is 0 Å². The van der Waals surface area contributed by atoms with Gasteiger partial charge in [-0.05, 0) is 30.2 Å². The summed E-state index contributed by atoms with van der Waals surface area (Å²) in [6.45, 7) is 0. The summed E-state index contributed by atoms with van der Waals surface area (Å²) in [5.41, 5.74) is 7.59. The Bertz CT molecular complexity index is 554. The standard InChI is InChI=1S/C15H17N3O/c1-18(14-8-4-5-11-17-14)15(19)10-9-12-6-2-3-7-13(12)16/h2-8,11H,9-10,16H2,1H3. The number of aryl methyl sites for hydroxylation is 1. The van der Waals surface area contributed by atoms with E-state index in [1.165, 1.54) is 0 Å². The van der Waals surface area contributed by atoms with Gasteiger partial charge in [0, 0.05) is 25.4 Å². The Morgan fingerprint density at radius 2 is 1.95 bits per heavy atom. The van der Waals surface area contributed by atoms with Crippen LogP contribution in [0.4, 0.5) is 11.5 Å². The Hall–Kier alpha value is -2.36. The number of nitrogens with two attached hydrogens (primary N) is 1. The number of pyridine rings is 1. The van der Waals surface area contributed by atoms with E-state index in [-0.39, 0.29) is 5.91 Å². The molecule has 2 N–H and O–H groups in total. The Kier molecular flexibility index (Phi) is 4.13. The summed E-state index contributed by atoms with van der Waals surface area (Å²) in [4.78, 5) is 17.8. The van der Waals surface area contributed by atoms with Crippen molar-refractivity contribution in [3.05, 3.63) is 54.2 Å². The maximum Gasteiger partial charge on any atom is 0.228 e. The van der Waals surface area contributed by atoms with E-state index in [0.29, 0.717) is 18.7 Å². The molecule has 0 radical (unpaired) electrons. The smallest absolute Gasteiger partial charge is 0.228 e. The molecule has 1 amide bonds. The number of hydrogen-bond acceptors (Lipinski definition) is 3. The number of hydrogen-bond donors (Lipinski definition) is 1. The van der Waals surface area contributed by atoms with Crippen molar-refractivity contribution >= 4 is 17.4 Å². The van der Waals surface area contributed by atoms with Gasteiger partial charge in [0.2, 0.25) is 5.91 Å². The first-order valence-corrected chi connectivity index (χ1v) is 6.19. The third-order valence-electron chi connectivity index (χ3n) is 3.03. The third kappa shape index (κ3) is 3.31. The van der Waals surface area contributed by atoms with Crippen molar-refractivity contribution in [1.82, 2.24) is 4.98 Å². The molecule has 0 unspecified atom stereocenters. The van der Waals surface area contributed by atoms with Gasteiger partial charge in [0.05, 0.1) is 0 Å². The van der Waals surface area contributed by atoms with Crippen molar-refractivity contribution in [3.63, 3.8) is 0 Å². The van der Waals surface area contributed by atoms with E-state index in [9.17, 15) is 4.79 Å². The van der Waals surface area contributed by atoms with Gasteiger partial charge in [-0.3, -0.25) is 9.69 Å². The molecular formula is C15H17N3O. The van der Waals surface area contributed by atoms with Gasteiger partial charge in [-0.1, -0.05) is 24.3 Å². The minimum absolute atomic E-state index is 0.0296. The monoisotopic (exact) mass is 255 g/mol. The van der Waals surface area contributed by atoms with Crippen molar-refractivity contribution in [2.45, 2.75) is 12.8 Å². The van der Waals surface area contributed by atoms with Crippen molar-refractivity contribution < 1.29 is 4.79 Å². The minimum atomic E-state index is 0.0296. The summed E-state index contributed by atoms with van der Waals surface area (Å²) in [5, 5.41) is 0. The lowest BCUT2D eigenvalue weighted by molar-refractivity contribution is -0.118. The molecule has 1 heterocycles. The molecule has 1 aromatic heterocycles. The normalized spacial score (nSPS) is 10.2. The van der Waals surface area contributed by atoms with Crippen LogP contribution in [0.15, 0.2) is 48.7 Å². The second-order valence-corrected chi connectivity index (χ2v) is 4.34. The van der Waals surface area contributed by atoms with Crippen LogP contribution in [-0.2, 0) is 11.2 Å². The zero-order valence-electron chi connectivity index (χ0n) is 10.9. The number of carbonyl (C=O) groups excluding carboxylic acids is 1. The number of aromatic nitrogens is 1. The zero-order chi connectivity index (χ0) is 13.7. The first-order chi connectivity index (χ1) is 9.18. The number of benzene rings is 1.